The van der Waals surface area contributed by atoms with Crippen LogP contribution in [0.5, 0.6) is 23.0 Å². The third-order valence-electron chi connectivity index (χ3n) is 6.11. The number of halogens is 2. The zero-order valence-corrected chi connectivity index (χ0v) is 24.8. The average molecular weight is 626 g/mol. The fourth-order valence-corrected chi connectivity index (χ4v) is 4.42. The van der Waals surface area contributed by atoms with Crippen molar-refractivity contribution in [2.75, 3.05) is 37.1 Å². The van der Waals surface area contributed by atoms with Crippen molar-refractivity contribution >= 4 is 52.8 Å². The topological polar surface area (TPSA) is 132 Å². The number of barbiturate groups is 1. The Balaban J connectivity index is 1.59. The van der Waals surface area contributed by atoms with Crippen LogP contribution in [0.3, 0.4) is 0 Å². The van der Waals surface area contributed by atoms with Gasteiger partial charge in [0.25, 0.3) is 17.7 Å². The summed E-state index contributed by atoms with van der Waals surface area (Å²) in [6, 6.07) is 12.1. The lowest BCUT2D eigenvalue weighted by atomic mass is 10.1. The Bertz CT molecular complexity index is 1630. The van der Waals surface area contributed by atoms with Gasteiger partial charge in [0.05, 0.1) is 36.7 Å². The van der Waals surface area contributed by atoms with Gasteiger partial charge in [0.2, 0.25) is 0 Å². The maximum Gasteiger partial charge on any atom is 0.335 e. The van der Waals surface area contributed by atoms with E-state index in [9.17, 15) is 23.6 Å². The first-order valence-corrected chi connectivity index (χ1v) is 13.9. The third-order valence-corrected chi connectivity index (χ3v) is 6.39. The average Bonchev–Trinajstić information content (AvgIpc) is 2.99. The second kappa shape index (κ2) is 14.4. The van der Waals surface area contributed by atoms with E-state index in [4.69, 9.17) is 30.5 Å². The zero-order valence-electron chi connectivity index (χ0n) is 24.1. The number of nitrogens with one attached hydrogen (secondary N) is 2. The summed E-state index contributed by atoms with van der Waals surface area (Å²) in [7, 11) is 1.42. The predicted molar refractivity (Wildman–Crippen MR) is 161 cm³/mol. The number of amides is 5. The van der Waals surface area contributed by atoms with E-state index in [-0.39, 0.29) is 45.6 Å². The van der Waals surface area contributed by atoms with Crippen molar-refractivity contribution in [2.45, 2.75) is 20.3 Å². The molecule has 0 spiro atoms. The molecule has 5 amide bonds. The molecule has 3 aromatic rings. The molecule has 0 aromatic heterocycles. The smallest absolute Gasteiger partial charge is 0.335 e. The summed E-state index contributed by atoms with van der Waals surface area (Å²) in [4.78, 5) is 52.1. The highest BCUT2D eigenvalue weighted by Gasteiger charge is 2.37. The van der Waals surface area contributed by atoms with E-state index in [0.29, 0.717) is 18.1 Å². The quantitative estimate of drug-likeness (QED) is 0.203. The lowest BCUT2D eigenvalue weighted by Gasteiger charge is -2.27. The largest absolute Gasteiger partial charge is 0.493 e. The van der Waals surface area contributed by atoms with Crippen LogP contribution in [0.15, 0.2) is 60.2 Å². The Morgan fingerprint density at radius 2 is 1.77 bits per heavy atom. The lowest BCUT2D eigenvalue weighted by Crippen LogP contribution is -2.54. The summed E-state index contributed by atoms with van der Waals surface area (Å²) in [6.45, 7) is 3.77. The lowest BCUT2D eigenvalue weighted by molar-refractivity contribution is -0.122. The molecule has 0 aliphatic carbocycles. The molecule has 13 heteroatoms. The molecule has 11 nitrogen and oxygen atoms in total. The number of benzene rings is 3. The van der Waals surface area contributed by atoms with Gasteiger partial charge in [-0.15, -0.1) is 0 Å². The van der Waals surface area contributed by atoms with E-state index in [1.165, 1.54) is 55.7 Å². The van der Waals surface area contributed by atoms with Gasteiger partial charge in [0, 0.05) is 6.07 Å². The maximum atomic E-state index is 13.9. The van der Waals surface area contributed by atoms with Crippen LogP contribution >= 0.6 is 11.6 Å². The van der Waals surface area contributed by atoms with Crippen molar-refractivity contribution in [3.05, 3.63) is 76.6 Å². The Labute approximate surface area is 257 Å². The first kappa shape index (κ1) is 31.8. The van der Waals surface area contributed by atoms with Gasteiger partial charge in [-0.1, -0.05) is 30.7 Å². The number of rotatable bonds is 12. The molecule has 1 heterocycles. The molecule has 1 aliphatic heterocycles. The number of nitrogens with zero attached hydrogens (tertiary/aromatic N) is 1. The Kier molecular flexibility index (Phi) is 10.4. The van der Waals surface area contributed by atoms with E-state index in [0.717, 1.165) is 11.3 Å². The number of carbonyl (C=O) groups excluding carboxylic acids is 4. The number of anilines is 2. The SMILES string of the molecule is CCCOc1ccc(N2C(=O)NC(=O)/C(=C/c3cc(Cl)c(OCC(=O)Nc4ccccc4F)c(OCC)c3)C2=O)cc1OC. The summed E-state index contributed by atoms with van der Waals surface area (Å²) >= 11 is 6.46. The van der Waals surface area contributed by atoms with E-state index in [1.54, 1.807) is 19.1 Å². The van der Waals surface area contributed by atoms with Gasteiger partial charge in [0.1, 0.15) is 11.4 Å². The summed E-state index contributed by atoms with van der Waals surface area (Å²) in [5, 5.41) is 4.57. The Morgan fingerprint density at radius 1 is 1.00 bits per heavy atom. The van der Waals surface area contributed by atoms with E-state index in [1.807, 2.05) is 6.92 Å². The minimum atomic E-state index is -0.938. The second-order valence-electron chi connectivity index (χ2n) is 9.22. The molecule has 4 rings (SSSR count). The number of imide groups is 2. The molecule has 1 saturated heterocycles. The molecule has 1 aliphatic rings. The standard InChI is InChI=1S/C31H29ClFN3O8/c1-4-12-43-24-11-10-19(16-25(24)41-3)36-30(39)20(29(38)35-31(36)40)13-18-14-21(32)28(26(15-18)42-5-2)44-17-27(37)34-23-9-7-6-8-22(23)33/h6-11,13-16H,4-5,12,17H2,1-3H3,(H,34,37)(H,35,38,40)/b20-13-. The van der Waals surface area contributed by atoms with Crippen LogP contribution < -0.4 is 34.5 Å². The Hall–Kier alpha value is -5.10. The number of methoxy groups -OCH3 is 1. The molecule has 0 radical (unpaired) electrons. The maximum absolute atomic E-state index is 13.9. The summed E-state index contributed by atoms with van der Waals surface area (Å²) in [5.41, 5.74) is 0.0556. The molecular weight excluding hydrogens is 597 g/mol. The molecule has 0 atom stereocenters. The minimum absolute atomic E-state index is 0.00509. The van der Waals surface area contributed by atoms with Gasteiger partial charge in [-0.2, -0.15) is 0 Å². The van der Waals surface area contributed by atoms with Gasteiger partial charge in [-0.25, -0.2) is 14.1 Å². The van der Waals surface area contributed by atoms with Crippen LogP contribution in [0.1, 0.15) is 25.8 Å². The summed E-state index contributed by atoms with van der Waals surface area (Å²) < 4.78 is 36.1. The molecular formula is C31H29ClFN3O8. The molecule has 0 bridgehead atoms. The number of hydrogen-bond donors (Lipinski definition) is 2. The number of hydrogen-bond acceptors (Lipinski definition) is 8. The second-order valence-corrected chi connectivity index (χ2v) is 9.63. The number of urea groups is 1. The first-order chi connectivity index (χ1) is 21.2. The van der Waals surface area contributed by atoms with E-state index < -0.39 is 36.2 Å². The number of para-hydroxylation sites is 1. The zero-order chi connectivity index (χ0) is 31.8. The molecule has 44 heavy (non-hydrogen) atoms. The van der Waals surface area contributed by atoms with Gasteiger partial charge in [-0.05, 0) is 61.4 Å². The third kappa shape index (κ3) is 7.27. The molecule has 2 N–H and O–H groups in total. The normalized spacial score (nSPS) is 13.9. The first-order valence-electron chi connectivity index (χ1n) is 13.5. The van der Waals surface area contributed by atoms with Crippen LogP contribution in [0.4, 0.5) is 20.6 Å². The predicted octanol–water partition coefficient (Wildman–Crippen LogP) is 5.36. The highest BCUT2D eigenvalue weighted by molar-refractivity contribution is 6.39. The van der Waals surface area contributed by atoms with Crippen LogP contribution in [0.25, 0.3) is 6.08 Å². The fourth-order valence-electron chi connectivity index (χ4n) is 4.15. The molecule has 3 aromatic carbocycles. The highest BCUT2D eigenvalue weighted by atomic mass is 35.5. The van der Waals surface area contributed by atoms with Gasteiger partial charge in [-0.3, -0.25) is 19.7 Å². The number of ether oxygens (including phenoxy) is 4. The van der Waals surface area contributed by atoms with Crippen molar-refractivity contribution in [3.8, 4) is 23.0 Å². The van der Waals surface area contributed by atoms with Gasteiger partial charge >= 0.3 is 6.03 Å². The molecule has 0 saturated carbocycles. The molecule has 230 valence electrons. The monoisotopic (exact) mass is 625 g/mol. The van der Waals surface area contributed by atoms with Gasteiger partial charge in [0.15, 0.2) is 29.6 Å². The molecule has 1 fully saturated rings. The molecule has 0 unspecified atom stereocenters. The van der Waals surface area contributed by atoms with E-state index in [2.05, 4.69) is 10.6 Å². The van der Waals surface area contributed by atoms with Crippen molar-refractivity contribution in [3.63, 3.8) is 0 Å². The number of carbonyl (C=O) groups is 4. The minimum Gasteiger partial charge on any atom is -0.493 e. The van der Waals surface area contributed by atoms with E-state index >= 15 is 0 Å². The van der Waals surface area contributed by atoms with Crippen molar-refractivity contribution in [2.24, 2.45) is 0 Å². The van der Waals surface area contributed by atoms with Crippen molar-refractivity contribution in [1.82, 2.24) is 5.32 Å². The van der Waals surface area contributed by atoms with Crippen molar-refractivity contribution in [1.29, 1.82) is 0 Å². The fraction of sp³-hybridized carbons (Fsp3) is 0.226. The van der Waals surface area contributed by atoms with Crippen LogP contribution in [-0.4, -0.2) is 50.7 Å². The summed E-state index contributed by atoms with van der Waals surface area (Å²) in [6.07, 6.45) is 2.01. The Morgan fingerprint density at radius 3 is 2.48 bits per heavy atom. The van der Waals surface area contributed by atoms with Crippen LogP contribution in [-0.2, 0) is 14.4 Å². The van der Waals surface area contributed by atoms with Gasteiger partial charge < -0.3 is 24.3 Å². The van der Waals surface area contributed by atoms with Crippen LogP contribution in [0.2, 0.25) is 5.02 Å². The van der Waals surface area contributed by atoms with Crippen LogP contribution in [0, 0.1) is 5.82 Å². The highest BCUT2D eigenvalue weighted by Crippen LogP contribution is 2.38. The summed E-state index contributed by atoms with van der Waals surface area (Å²) in [5.74, 6) is -2.18. The van der Waals surface area contributed by atoms with Crippen molar-refractivity contribution < 1.29 is 42.5 Å².